The lowest BCUT2D eigenvalue weighted by molar-refractivity contribution is -0.144. The summed E-state index contributed by atoms with van der Waals surface area (Å²) in [6.45, 7) is 9.68. The Hall–Kier alpha value is -8.10. The van der Waals surface area contributed by atoms with Crippen LogP contribution in [0.5, 0.6) is 0 Å². The molecule has 6 rings (SSSR count). The molecule has 2 aromatic heterocycles. The summed E-state index contributed by atoms with van der Waals surface area (Å²) in [5, 5.41) is 14.1. The molecule has 7 N–H and O–H groups in total. The molecule has 81 heavy (non-hydrogen) atoms. The van der Waals surface area contributed by atoms with Gasteiger partial charge in [-0.25, -0.2) is 9.59 Å². The van der Waals surface area contributed by atoms with Crippen molar-refractivity contribution in [2.24, 2.45) is 5.73 Å². The molecule has 4 aromatic rings. The fourth-order valence-electron chi connectivity index (χ4n) is 9.93. The van der Waals surface area contributed by atoms with Gasteiger partial charge < -0.3 is 56.2 Å². The number of carbonyl (C=O) groups excluding carboxylic acids is 8. The van der Waals surface area contributed by atoms with Crippen LogP contribution in [0.15, 0.2) is 90.1 Å². The number of unbranched alkanes of at least 4 members (excludes halogenated alkanes) is 6. The van der Waals surface area contributed by atoms with Gasteiger partial charge in [-0.15, -0.1) is 0 Å². The van der Waals surface area contributed by atoms with Crippen LogP contribution in [0.4, 0.5) is 15.3 Å². The summed E-state index contributed by atoms with van der Waals surface area (Å²) in [7, 11) is 1.23. The maximum absolute atomic E-state index is 14.5. The quantitative estimate of drug-likeness (QED) is 0.0308. The summed E-state index contributed by atoms with van der Waals surface area (Å²) in [6.07, 6.45) is 12.6. The number of fused-ring (bicyclic) bond motifs is 1. The number of nitrogens with zero attached hydrogens (tertiary/aromatic N) is 4. The molecular formula is C60H80N10O11. The van der Waals surface area contributed by atoms with Gasteiger partial charge in [-0.2, -0.15) is 0 Å². The molecule has 0 aliphatic carbocycles. The molecule has 4 heterocycles. The van der Waals surface area contributed by atoms with Crippen molar-refractivity contribution in [3.05, 3.63) is 118 Å². The molecule has 21 nitrogen and oxygen atoms in total. The Morgan fingerprint density at radius 1 is 0.815 bits per heavy atom. The first kappa shape index (κ1) is 62.1. The van der Waals surface area contributed by atoms with Crippen molar-refractivity contribution in [2.75, 3.05) is 32.1 Å². The number of urea groups is 1. The number of hydrogen-bond donors (Lipinski definition) is 6. The molecule has 0 spiro atoms. The van der Waals surface area contributed by atoms with Crippen LogP contribution in [0.3, 0.4) is 0 Å². The van der Waals surface area contributed by atoms with Crippen molar-refractivity contribution in [3.8, 4) is 11.1 Å². The van der Waals surface area contributed by atoms with Crippen LogP contribution in [0.2, 0.25) is 0 Å². The highest BCUT2D eigenvalue weighted by atomic mass is 16.6. The Labute approximate surface area is 473 Å². The lowest BCUT2D eigenvalue weighted by Crippen LogP contribution is -2.62. The van der Waals surface area contributed by atoms with Crippen molar-refractivity contribution >= 4 is 53.3 Å². The zero-order valence-electron chi connectivity index (χ0n) is 47.6. The monoisotopic (exact) mass is 1120 g/mol. The molecule has 2 fully saturated rings. The number of ether oxygens (including phenoxy) is 2. The Morgan fingerprint density at radius 3 is 2.25 bits per heavy atom. The number of esters is 1. The summed E-state index contributed by atoms with van der Waals surface area (Å²) >= 11 is 0. The molecule has 0 radical (unpaired) electrons. The van der Waals surface area contributed by atoms with E-state index in [9.17, 15) is 43.2 Å². The third-order valence-corrected chi connectivity index (χ3v) is 14.3. The maximum Gasteiger partial charge on any atom is 0.408 e. The largest absolute Gasteiger partial charge is 0.468 e. The minimum absolute atomic E-state index is 0.0486. The van der Waals surface area contributed by atoms with E-state index in [-0.39, 0.29) is 57.4 Å². The highest BCUT2D eigenvalue weighted by molar-refractivity contribution is 6.05. The minimum Gasteiger partial charge on any atom is -0.468 e. The molecule has 436 valence electrons. The van der Waals surface area contributed by atoms with E-state index >= 15 is 0 Å². The van der Waals surface area contributed by atoms with Crippen LogP contribution in [0.1, 0.15) is 145 Å². The van der Waals surface area contributed by atoms with Gasteiger partial charge >= 0.3 is 18.1 Å². The van der Waals surface area contributed by atoms with Crippen LogP contribution in [-0.4, -0.2) is 123 Å². The zero-order chi connectivity index (χ0) is 58.6. The van der Waals surface area contributed by atoms with Gasteiger partial charge in [0.25, 0.3) is 11.5 Å². The summed E-state index contributed by atoms with van der Waals surface area (Å²) in [6, 6.07) is 15.7. The third-order valence-electron chi connectivity index (χ3n) is 14.3. The van der Waals surface area contributed by atoms with Gasteiger partial charge in [0, 0.05) is 67.9 Å². The maximum atomic E-state index is 14.5. The molecule has 0 unspecified atom stereocenters. The molecule has 2 aliphatic heterocycles. The average molecular weight is 1120 g/mol. The predicted octanol–water partition coefficient (Wildman–Crippen LogP) is 6.47. The number of alkyl carbamates (subject to hydrolysis) is 1. The lowest BCUT2D eigenvalue weighted by atomic mass is 10.0. The summed E-state index contributed by atoms with van der Waals surface area (Å²) in [4.78, 5) is 126. The Bertz CT molecular complexity index is 2900. The van der Waals surface area contributed by atoms with Gasteiger partial charge in [0.1, 0.15) is 30.3 Å². The Morgan fingerprint density at radius 2 is 1.54 bits per heavy atom. The second kappa shape index (κ2) is 29.9. The zero-order valence-corrected chi connectivity index (χ0v) is 47.6. The smallest absolute Gasteiger partial charge is 0.408 e. The highest BCUT2D eigenvalue weighted by Crippen LogP contribution is 2.30. The molecule has 0 saturated carbocycles. The number of aromatic nitrogens is 2. The normalized spacial score (nSPS) is 16.5. The van der Waals surface area contributed by atoms with E-state index in [4.69, 9.17) is 10.5 Å². The van der Waals surface area contributed by atoms with E-state index in [1.165, 1.54) is 39.8 Å². The van der Waals surface area contributed by atoms with E-state index in [0.717, 1.165) is 79.2 Å². The summed E-state index contributed by atoms with van der Waals surface area (Å²) < 4.78 is 11.3. The Kier molecular flexibility index (Phi) is 22.9. The highest BCUT2D eigenvalue weighted by Gasteiger charge is 2.46. The van der Waals surface area contributed by atoms with Crippen molar-refractivity contribution in [3.63, 3.8) is 0 Å². The number of hydrogen-bond acceptors (Lipinski definition) is 12. The van der Waals surface area contributed by atoms with Gasteiger partial charge in [-0.05, 0) is 118 Å². The van der Waals surface area contributed by atoms with Crippen molar-refractivity contribution < 1.29 is 47.8 Å². The van der Waals surface area contributed by atoms with E-state index < -0.39 is 71.0 Å². The van der Waals surface area contributed by atoms with Crippen LogP contribution >= 0.6 is 0 Å². The number of rotatable bonds is 25. The molecule has 2 aliphatic rings. The second-order valence-electron chi connectivity index (χ2n) is 22.1. The van der Waals surface area contributed by atoms with Crippen LogP contribution in [0, 0.1) is 0 Å². The van der Waals surface area contributed by atoms with E-state index in [2.05, 4.69) is 56.2 Å². The van der Waals surface area contributed by atoms with Gasteiger partial charge in [0.2, 0.25) is 23.6 Å². The lowest BCUT2D eigenvalue weighted by Gasteiger charge is -2.39. The first-order chi connectivity index (χ1) is 38.7. The SMILES string of the molecule is COC(=O)Cn1cc(NC(=O)c2cccc(-c3cncc(CCCCCCCCCNC(=O)N4CC[C@H]5CC[C@@H](C(=O)N[C@@H](CCC(N)=O)C(=O)NCc6ccc(C(C)C)cc6)N5C(=O)[C@@H](NC(=O)OC(C)(C)C)C4)c3)c2)ccc1=O. The van der Waals surface area contributed by atoms with Crippen LogP contribution in [0.25, 0.3) is 11.1 Å². The van der Waals surface area contributed by atoms with Crippen molar-refractivity contribution in [1.29, 1.82) is 0 Å². The minimum atomic E-state index is -1.25. The number of primary amides is 1. The number of carbonyl (C=O) groups is 8. The van der Waals surface area contributed by atoms with Gasteiger partial charge in [-0.3, -0.25) is 38.5 Å². The number of anilines is 1. The molecule has 8 amide bonds. The molecule has 0 bridgehead atoms. The van der Waals surface area contributed by atoms with Gasteiger partial charge in [-0.1, -0.05) is 82.3 Å². The van der Waals surface area contributed by atoms with Crippen LogP contribution in [-0.2, 0) is 53.0 Å². The summed E-state index contributed by atoms with van der Waals surface area (Å²) in [5.41, 5.74) is 9.74. The number of methoxy groups -OCH3 is 1. The van der Waals surface area contributed by atoms with Gasteiger partial charge in [0.05, 0.1) is 19.3 Å². The molecule has 21 heteroatoms. The van der Waals surface area contributed by atoms with Crippen LogP contribution < -0.4 is 37.9 Å². The number of nitrogens with two attached hydrogens (primary N) is 1. The topological polar surface area (TPSA) is 283 Å². The van der Waals surface area contributed by atoms with Crippen molar-refractivity contribution in [2.45, 2.75) is 167 Å². The van der Waals surface area contributed by atoms with Crippen molar-refractivity contribution in [1.82, 2.24) is 40.6 Å². The average Bonchev–Trinajstić information content (AvgIpc) is 4.00. The number of nitrogens with one attached hydrogen (secondary N) is 5. The molecule has 4 atom stereocenters. The van der Waals surface area contributed by atoms with E-state index in [0.29, 0.717) is 36.6 Å². The molecular weight excluding hydrogens is 1040 g/mol. The standard InChI is InChI=1S/C60H80N10O11/c1-39(2)42-20-18-40(19-21-42)34-64-55(75)48(24-26-51(61)71)66-56(76)50-25-23-47-28-30-68(37-49(57(77)70(47)50)67-59(79)81-60(3,4)5)58(78)63-29-13-11-9-7-8-10-12-15-41-31-45(35-62-33-41)43-16-14-17-44(32-43)54(74)65-46-22-27-52(72)69(36-46)38-53(73)80-6/h14,16-22,27,31-33,35-36,39,47-50H,7-13,15,23-26,28-30,34,37-38H2,1-6H3,(H2,61,71)(H,63,78)(H,64,75)(H,65,74)(H,66,76)(H,67,79)/t47-,48+,49+,50+/m1/s1. The number of aryl methyl sites for hydroxylation is 1. The summed E-state index contributed by atoms with van der Waals surface area (Å²) in [5.74, 6) is -2.88. The number of benzene rings is 2. The van der Waals surface area contributed by atoms with Gasteiger partial charge in [0.15, 0.2) is 0 Å². The molecule has 2 aromatic carbocycles. The first-order valence-corrected chi connectivity index (χ1v) is 28.1. The van der Waals surface area contributed by atoms with E-state index in [1.807, 2.05) is 36.5 Å². The molecule has 2 saturated heterocycles. The second-order valence-corrected chi connectivity index (χ2v) is 22.1. The number of amides is 8. The number of pyridine rings is 2. The predicted molar refractivity (Wildman–Crippen MR) is 306 cm³/mol. The fourth-order valence-corrected chi connectivity index (χ4v) is 9.93. The Balaban J connectivity index is 0.945. The first-order valence-electron chi connectivity index (χ1n) is 28.1. The fraction of sp³-hybridized carbons (Fsp3) is 0.500. The third kappa shape index (κ3) is 19.3. The van der Waals surface area contributed by atoms with E-state index in [1.54, 1.807) is 45.2 Å².